The van der Waals surface area contributed by atoms with E-state index >= 15 is 0 Å². The van der Waals surface area contributed by atoms with Gasteiger partial charge in [0.15, 0.2) is 5.69 Å². The summed E-state index contributed by atoms with van der Waals surface area (Å²) in [6.45, 7) is 2.95. The van der Waals surface area contributed by atoms with Crippen molar-refractivity contribution in [2.75, 3.05) is 6.54 Å². The van der Waals surface area contributed by atoms with Gasteiger partial charge in [-0.05, 0) is 19.8 Å². The average Bonchev–Trinajstić information content (AvgIpc) is 2.96. The molecule has 1 aromatic heterocycles. The average molecular weight is 311 g/mol. The van der Waals surface area contributed by atoms with Crippen LogP contribution < -0.4 is 5.32 Å². The predicted octanol–water partition coefficient (Wildman–Crippen LogP) is 2.71. The Morgan fingerprint density at radius 3 is 2.71 bits per heavy atom. The molecule has 0 aliphatic heterocycles. The maximum atomic E-state index is 12.3. The van der Waals surface area contributed by atoms with E-state index in [4.69, 9.17) is 5.11 Å². The number of hydrogen-bond donors (Lipinski definition) is 2. The molecule has 0 aromatic carbocycles. The summed E-state index contributed by atoms with van der Waals surface area (Å²) in [5.74, 6) is -1.04. The fourth-order valence-corrected chi connectivity index (χ4v) is 3.41. The van der Waals surface area contributed by atoms with Gasteiger partial charge in [-0.1, -0.05) is 19.3 Å². The Kier molecular flexibility index (Phi) is 5.55. The first-order valence-electron chi connectivity index (χ1n) is 7.34. The summed E-state index contributed by atoms with van der Waals surface area (Å²) < 4.78 is 0. The number of hydrogen-bond acceptors (Lipinski definition) is 4. The lowest BCUT2D eigenvalue weighted by atomic mass is 9.94. The summed E-state index contributed by atoms with van der Waals surface area (Å²) in [7, 11) is 0. The minimum atomic E-state index is -1.04. The van der Waals surface area contributed by atoms with Gasteiger partial charge in [0.2, 0.25) is 0 Å². The lowest BCUT2D eigenvalue weighted by molar-refractivity contribution is 0.0691. The first kappa shape index (κ1) is 15.8. The van der Waals surface area contributed by atoms with Crippen LogP contribution in [-0.4, -0.2) is 39.6 Å². The molecule has 1 fully saturated rings. The molecule has 6 nitrogen and oxygen atoms in total. The molecule has 0 unspecified atom stereocenters. The molecule has 0 radical (unpaired) electrons. The molecule has 21 heavy (non-hydrogen) atoms. The number of carboxylic acid groups (broad SMARTS) is 1. The zero-order valence-corrected chi connectivity index (χ0v) is 13.0. The Morgan fingerprint density at radius 1 is 1.43 bits per heavy atom. The van der Waals surface area contributed by atoms with Crippen LogP contribution in [0.4, 0.5) is 4.79 Å². The predicted molar refractivity (Wildman–Crippen MR) is 80.6 cm³/mol. The third kappa shape index (κ3) is 4.17. The Bertz CT molecular complexity index is 497. The van der Waals surface area contributed by atoms with Crippen molar-refractivity contribution in [3.63, 3.8) is 0 Å². The summed E-state index contributed by atoms with van der Waals surface area (Å²) >= 11 is 1.25. The van der Waals surface area contributed by atoms with Crippen LogP contribution in [0.3, 0.4) is 0 Å². The third-order valence-electron chi connectivity index (χ3n) is 3.78. The maximum absolute atomic E-state index is 12.3. The summed E-state index contributed by atoms with van der Waals surface area (Å²) in [6.07, 6.45) is 5.77. The molecule has 0 spiro atoms. The van der Waals surface area contributed by atoms with Gasteiger partial charge in [-0.25, -0.2) is 14.6 Å². The van der Waals surface area contributed by atoms with Gasteiger partial charge < -0.3 is 15.3 Å². The number of aromatic nitrogens is 1. The molecule has 1 aliphatic carbocycles. The van der Waals surface area contributed by atoms with Crippen molar-refractivity contribution in [3.05, 3.63) is 16.1 Å². The van der Waals surface area contributed by atoms with E-state index in [1.54, 1.807) is 0 Å². The van der Waals surface area contributed by atoms with Gasteiger partial charge in [-0.15, -0.1) is 11.3 Å². The number of nitrogens with zero attached hydrogens (tertiary/aromatic N) is 2. The number of rotatable bonds is 5. The summed E-state index contributed by atoms with van der Waals surface area (Å²) in [4.78, 5) is 28.9. The first-order chi connectivity index (χ1) is 10.1. The van der Waals surface area contributed by atoms with Gasteiger partial charge in [0.05, 0.1) is 6.54 Å². The number of urea groups is 1. The second-order valence-electron chi connectivity index (χ2n) is 5.17. The maximum Gasteiger partial charge on any atom is 0.355 e. The van der Waals surface area contributed by atoms with E-state index in [1.165, 1.54) is 36.0 Å². The van der Waals surface area contributed by atoms with E-state index in [0.717, 1.165) is 12.8 Å². The van der Waals surface area contributed by atoms with Crippen molar-refractivity contribution in [2.24, 2.45) is 0 Å². The van der Waals surface area contributed by atoms with Crippen LogP contribution in [0.2, 0.25) is 0 Å². The van der Waals surface area contributed by atoms with Gasteiger partial charge in [0.1, 0.15) is 5.01 Å². The van der Waals surface area contributed by atoms with Gasteiger partial charge in [-0.2, -0.15) is 0 Å². The van der Waals surface area contributed by atoms with Gasteiger partial charge in [0, 0.05) is 18.0 Å². The number of carbonyl (C=O) groups excluding carboxylic acids is 1. The molecule has 2 amide bonds. The molecular weight excluding hydrogens is 290 g/mol. The Morgan fingerprint density at radius 2 is 2.14 bits per heavy atom. The molecule has 0 saturated heterocycles. The first-order valence-corrected chi connectivity index (χ1v) is 8.22. The standard InChI is InChI=1S/C14H21N3O3S/c1-2-17(10-6-4-3-5-7-10)14(20)15-8-12-16-11(9-21-12)13(18)19/h9-10H,2-8H2,1H3,(H,15,20)(H,18,19). The van der Waals surface area contributed by atoms with Crippen molar-refractivity contribution >= 4 is 23.3 Å². The second-order valence-corrected chi connectivity index (χ2v) is 6.11. The van der Waals surface area contributed by atoms with E-state index in [-0.39, 0.29) is 18.3 Å². The van der Waals surface area contributed by atoms with E-state index in [9.17, 15) is 9.59 Å². The van der Waals surface area contributed by atoms with Gasteiger partial charge >= 0.3 is 12.0 Å². The zero-order chi connectivity index (χ0) is 15.2. The van der Waals surface area contributed by atoms with Crippen LogP contribution in [-0.2, 0) is 6.54 Å². The Balaban J connectivity index is 1.88. The van der Waals surface area contributed by atoms with Crippen LogP contribution in [0.5, 0.6) is 0 Å². The molecule has 7 heteroatoms. The van der Waals surface area contributed by atoms with Crippen LogP contribution >= 0.6 is 11.3 Å². The van der Waals surface area contributed by atoms with Crippen molar-refractivity contribution in [3.8, 4) is 0 Å². The number of nitrogens with one attached hydrogen (secondary N) is 1. The van der Waals surface area contributed by atoms with Crippen LogP contribution in [0.25, 0.3) is 0 Å². The molecule has 1 saturated carbocycles. The molecule has 116 valence electrons. The topological polar surface area (TPSA) is 82.5 Å². The van der Waals surface area contributed by atoms with Gasteiger partial charge in [-0.3, -0.25) is 0 Å². The molecule has 0 atom stereocenters. The number of thiazole rings is 1. The Hall–Kier alpha value is -1.63. The summed E-state index contributed by atoms with van der Waals surface area (Å²) in [6, 6.07) is 0.242. The third-order valence-corrected chi connectivity index (χ3v) is 4.63. The molecule has 1 aliphatic rings. The molecule has 1 aromatic rings. The van der Waals surface area contributed by atoms with Crippen LogP contribution in [0, 0.1) is 0 Å². The highest BCUT2D eigenvalue weighted by atomic mass is 32.1. The van der Waals surface area contributed by atoms with Crippen molar-refractivity contribution in [1.82, 2.24) is 15.2 Å². The monoisotopic (exact) mass is 311 g/mol. The Labute approximate surface area is 128 Å². The lowest BCUT2D eigenvalue weighted by Crippen LogP contribution is -2.46. The minimum absolute atomic E-state index is 0.0314. The minimum Gasteiger partial charge on any atom is -0.476 e. The normalized spacial score (nSPS) is 15.7. The van der Waals surface area contributed by atoms with E-state index in [2.05, 4.69) is 10.3 Å². The number of amides is 2. The molecule has 0 bridgehead atoms. The van der Waals surface area contributed by atoms with Gasteiger partial charge in [0.25, 0.3) is 0 Å². The smallest absolute Gasteiger partial charge is 0.355 e. The lowest BCUT2D eigenvalue weighted by Gasteiger charge is -2.33. The van der Waals surface area contributed by atoms with E-state index < -0.39 is 5.97 Å². The summed E-state index contributed by atoms with van der Waals surface area (Å²) in [5.41, 5.74) is 0.0314. The number of carboxylic acids is 1. The van der Waals surface area contributed by atoms with Crippen molar-refractivity contribution < 1.29 is 14.7 Å². The largest absolute Gasteiger partial charge is 0.476 e. The van der Waals surface area contributed by atoms with E-state index in [1.807, 2.05) is 11.8 Å². The highest BCUT2D eigenvalue weighted by molar-refractivity contribution is 7.09. The van der Waals surface area contributed by atoms with Crippen molar-refractivity contribution in [1.29, 1.82) is 0 Å². The highest BCUT2D eigenvalue weighted by Gasteiger charge is 2.24. The van der Waals surface area contributed by atoms with Crippen LogP contribution in [0.1, 0.15) is 54.5 Å². The quantitative estimate of drug-likeness (QED) is 0.876. The van der Waals surface area contributed by atoms with E-state index in [0.29, 0.717) is 17.6 Å². The molecule has 2 N–H and O–H groups in total. The highest BCUT2D eigenvalue weighted by Crippen LogP contribution is 2.22. The molecule has 2 rings (SSSR count). The van der Waals surface area contributed by atoms with Crippen LogP contribution in [0.15, 0.2) is 5.38 Å². The zero-order valence-electron chi connectivity index (χ0n) is 12.2. The van der Waals surface area contributed by atoms with Crippen molar-refractivity contribution in [2.45, 2.75) is 51.6 Å². The number of aromatic carboxylic acids is 1. The second kappa shape index (κ2) is 7.40. The fraction of sp³-hybridized carbons (Fsp3) is 0.643. The molecule has 1 heterocycles. The fourth-order valence-electron chi connectivity index (χ4n) is 2.70. The SMILES string of the molecule is CCN(C(=O)NCc1nc(C(=O)O)cs1)C1CCCCC1. The summed E-state index contributed by atoms with van der Waals surface area (Å²) in [5, 5.41) is 13.8. The number of carbonyl (C=O) groups is 2. The molecular formula is C14H21N3O3S.